The molecule has 0 aromatic heterocycles. The first kappa shape index (κ1) is 12.6. The van der Waals surface area contributed by atoms with Crippen molar-refractivity contribution < 1.29 is 14.6 Å². The van der Waals surface area contributed by atoms with Gasteiger partial charge in [-0.1, -0.05) is 12.1 Å². The first-order valence-electron chi connectivity index (χ1n) is 7.85. The predicted molar refractivity (Wildman–Crippen MR) is 82.6 cm³/mol. The minimum atomic E-state index is -0.297. The van der Waals surface area contributed by atoms with Crippen molar-refractivity contribution in [3.63, 3.8) is 0 Å². The number of ether oxygens (including phenoxy) is 2. The smallest absolute Gasteiger partial charge is 0.169 e. The average Bonchev–Trinajstić information content (AvgIpc) is 2.88. The van der Waals surface area contributed by atoms with Crippen LogP contribution in [-0.2, 0) is 11.8 Å². The van der Waals surface area contributed by atoms with E-state index in [1.165, 1.54) is 16.7 Å². The van der Waals surface area contributed by atoms with Crippen LogP contribution in [0.15, 0.2) is 35.6 Å². The highest BCUT2D eigenvalue weighted by Gasteiger charge is 2.61. The summed E-state index contributed by atoms with van der Waals surface area (Å²) in [5, 5.41) is 10.5. The summed E-state index contributed by atoms with van der Waals surface area (Å²) in [6, 6.07) is 4.56. The lowest BCUT2D eigenvalue weighted by Gasteiger charge is -2.52. The van der Waals surface area contributed by atoms with E-state index in [9.17, 15) is 5.11 Å². The number of hydrogen-bond donors (Lipinski definition) is 1. The third-order valence-corrected chi connectivity index (χ3v) is 5.94. The molecule has 2 bridgehead atoms. The van der Waals surface area contributed by atoms with Gasteiger partial charge in [0.2, 0.25) is 0 Å². The molecule has 2 heterocycles. The van der Waals surface area contributed by atoms with Crippen molar-refractivity contribution >= 4 is 0 Å². The molecule has 2 aliphatic heterocycles. The standard InChI is InChI=1S/C18H19NO3/c1-19-8-7-18-11-4-5-13(20)17(18)22-16-14(21-2)6-3-10(15(16)18)9-12(11)19/h3-6,12,17,20H,7-9H2,1-2H3/t12-,17+,18+/m1/s1. The second kappa shape index (κ2) is 3.87. The van der Waals surface area contributed by atoms with E-state index in [1.807, 2.05) is 12.1 Å². The Kier molecular flexibility index (Phi) is 2.22. The van der Waals surface area contributed by atoms with Crippen LogP contribution in [0, 0.1) is 0 Å². The van der Waals surface area contributed by atoms with Gasteiger partial charge in [0.1, 0.15) is 5.76 Å². The topological polar surface area (TPSA) is 41.9 Å². The van der Waals surface area contributed by atoms with Crippen LogP contribution in [0.25, 0.3) is 0 Å². The number of hydrogen-bond acceptors (Lipinski definition) is 4. The van der Waals surface area contributed by atoms with Gasteiger partial charge >= 0.3 is 0 Å². The van der Waals surface area contributed by atoms with Gasteiger partial charge in [0.15, 0.2) is 17.6 Å². The molecule has 2 aliphatic carbocycles. The van der Waals surface area contributed by atoms with Crippen molar-refractivity contribution in [2.24, 2.45) is 0 Å². The summed E-state index contributed by atoms with van der Waals surface area (Å²) in [5.74, 6) is 1.94. The number of rotatable bonds is 1. The number of allylic oxidation sites excluding steroid dienone is 2. The van der Waals surface area contributed by atoms with E-state index in [-0.39, 0.29) is 11.5 Å². The molecule has 3 atom stereocenters. The van der Waals surface area contributed by atoms with Crippen LogP contribution in [0.2, 0.25) is 0 Å². The monoisotopic (exact) mass is 297 g/mol. The minimum Gasteiger partial charge on any atom is -0.508 e. The maximum atomic E-state index is 10.5. The summed E-state index contributed by atoms with van der Waals surface area (Å²) < 4.78 is 11.8. The maximum absolute atomic E-state index is 10.5. The molecule has 1 saturated heterocycles. The second-order valence-electron chi connectivity index (χ2n) is 6.76. The van der Waals surface area contributed by atoms with Crippen molar-refractivity contribution in [2.75, 3.05) is 20.7 Å². The van der Waals surface area contributed by atoms with Gasteiger partial charge in [0.05, 0.1) is 12.5 Å². The van der Waals surface area contributed by atoms with Crippen LogP contribution >= 0.6 is 0 Å². The zero-order valence-electron chi connectivity index (χ0n) is 12.8. The molecular formula is C18H19NO3. The molecule has 0 radical (unpaired) electrons. The molecule has 1 fully saturated rings. The zero-order valence-corrected chi connectivity index (χ0v) is 12.8. The number of aliphatic hydroxyl groups excluding tert-OH is 1. The van der Waals surface area contributed by atoms with E-state index in [1.54, 1.807) is 7.11 Å². The largest absolute Gasteiger partial charge is 0.508 e. The number of likely N-dealkylation sites (N-methyl/N-ethyl adjacent to an activating group) is 1. The van der Waals surface area contributed by atoms with E-state index in [2.05, 4.69) is 24.1 Å². The number of benzene rings is 1. The fourth-order valence-electron chi connectivity index (χ4n) is 4.94. The van der Waals surface area contributed by atoms with Gasteiger partial charge in [-0.15, -0.1) is 0 Å². The fourth-order valence-corrected chi connectivity index (χ4v) is 4.94. The third-order valence-electron chi connectivity index (χ3n) is 5.94. The summed E-state index contributed by atoms with van der Waals surface area (Å²) in [4.78, 5) is 2.43. The normalized spacial score (nSPS) is 34.5. The summed E-state index contributed by atoms with van der Waals surface area (Å²) in [7, 11) is 3.87. The molecule has 0 unspecified atom stereocenters. The molecule has 5 rings (SSSR count). The molecule has 1 aromatic rings. The molecule has 4 heteroatoms. The molecule has 1 aromatic carbocycles. The van der Waals surface area contributed by atoms with Crippen molar-refractivity contribution in [3.05, 3.63) is 46.7 Å². The van der Waals surface area contributed by atoms with Gasteiger partial charge in [0.25, 0.3) is 0 Å². The van der Waals surface area contributed by atoms with Crippen molar-refractivity contribution in [1.29, 1.82) is 0 Å². The summed E-state index contributed by atoms with van der Waals surface area (Å²) in [6.07, 6.45) is 5.61. The quantitative estimate of drug-likeness (QED) is 0.864. The molecular weight excluding hydrogens is 278 g/mol. The van der Waals surface area contributed by atoms with E-state index in [4.69, 9.17) is 9.47 Å². The first-order valence-corrected chi connectivity index (χ1v) is 7.85. The lowest BCUT2D eigenvalue weighted by Crippen LogP contribution is -2.58. The molecule has 0 amide bonds. The summed E-state index contributed by atoms with van der Waals surface area (Å²) in [5.41, 5.74) is 3.78. The van der Waals surface area contributed by atoms with Gasteiger partial charge in [0, 0.05) is 11.6 Å². The SMILES string of the molecule is COc1ccc2c3c1O[C@H]1C(O)=CC=C4[C@@H](C2)N(C)CC[C@]431. The molecule has 114 valence electrons. The average molecular weight is 297 g/mol. The molecule has 1 spiro atoms. The van der Waals surface area contributed by atoms with Crippen molar-refractivity contribution in [2.45, 2.75) is 30.4 Å². The predicted octanol–water partition coefficient (Wildman–Crippen LogP) is 2.34. The molecule has 0 saturated carbocycles. The first-order chi connectivity index (χ1) is 10.7. The van der Waals surface area contributed by atoms with E-state index < -0.39 is 0 Å². The highest BCUT2D eigenvalue weighted by Crippen LogP contribution is 2.62. The van der Waals surface area contributed by atoms with Crippen LogP contribution in [0.4, 0.5) is 0 Å². The van der Waals surface area contributed by atoms with E-state index in [0.29, 0.717) is 11.8 Å². The Morgan fingerprint density at radius 2 is 2.23 bits per heavy atom. The van der Waals surface area contributed by atoms with E-state index >= 15 is 0 Å². The number of piperidine rings is 1. The van der Waals surface area contributed by atoms with E-state index in [0.717, 1.165) is 30.9 Å². The highest BCUT2D eigenvalue weighted by atomic mass is 16.5. The Balaban J connectivity index is 1.86. The lowest BCUT2D eigenvalue weighted by molar-refractivity contribution is 0.0848. The Labute approximate surface area is 129 Å². The summed E-state index contributed by atoms with van der Waals surface area (Å²) in [6.45, 7) is 1.02. The Morgan fingerprint density at radius 3 is 3.05 bits per heavy atom. The third kappa shape index (κ3) is 1.20. The van der Waals surface area contributed by atoms with Gasteiger partial charge < -0.3 is 14.6 Å². The number of methoxy groups -OCH3 is 1. The van der Waals surface area contributed by atoms with Crippen LogP contribution < -0.4 is 9.47 Å². The molecule has 1 N–H and O–H groups in total. The second-order valence-corrected chi connectivity index (χ2v) is 6.76. The van der Waals surface area contributed by atoms with Gasteiger partial charge in [-0.05, 0) is 49.7 Å². The number of nitrogens with zero attached hydrogens (tertiary/aromatic N) is 1. The molecule has 4 nitrogen and oxygen atoms in total. The van der Waals surface area contributed by atoms with Crippen LogP contribution in [0.1, 0.15) is 17.5 Å². The fraction of sp³-hybridized carbons (Fsp3) is 0.444. The molecule has 22 heavy (non-hydrogen) atoms. The zero-order chi connectivity index (χ0) is 15.1. The maximum Gasteiger partial charge on any atom is 0.169 e. The Hall–Kier alpha value is -1.94. The lowest BCUT2D eigenvalue weighted by atomic mass is 9.57. The Morgan fingerprint density at radius 1 is 1.36 bits per heavy atom. The van der Waals surface area contributed by atoms with Crippen LogP contribution in [-0.4, -0.2) is 42.9 Å². The summed E-state index contributed by atoms with van der Waals surface area (Å²) >= 11 is 0. The van der Waals surface area contributed by atoms with Crippen molar-refractivity contribution in [1.82, 2.24) is 4.90 Å². The Bertz CT molecular complexity index is 751. The van der Waals surface area contributed by atoms with Crippen molar-refractivity contribution in [3.8, 4) is 11.5 Å². The van der Waals surface area contributed by atoms with Crippen LogP contribution in [0.5, 0.6) is 11.5 Å². The highest BCUT2D eigenvalue weighted by molar-refractivity contribution is 5.67. The van der Waals surface area contributed by atoms with Gasteiger partial charge in [-0.25, -0.2) is 0 Å². The minimum absolute atomic E-state index is 0.201. The number of likely N-dealkylation sites (tertiary alicyclic amines) is 1. The van der Waals surface area contributed by atoms with Crippen LogP contribution in [0.3, 0.4) is 0 Å². The van der Waals surface area contributed by atoms with Gasteiger partial charge in [-0.2, -0.15) is 0 Å². The van der Waals surface area contributed by atoms with Gasteiger partial charge in [-0.3, -0.25) is 4.90 Å². The number of aliphatic hydroxyl groups is 1. The molecule has 4 aliphatic rings.